The van der Waals surface area contributed by atoms with Crippen molar-refractivity contribution in [3.05, 3.63) is 16.1 Å². The first-order chi connectivity index (χ1) is 9.51. The fourth-order valence-corrected chi connectivity index (χ4v) is 2.28. The fraction of sp³-hybridized carbons (Fsp3) is 0.615. The van der Waals surface area contributed by atoms with Crippen molar-refractivity contribution in [2.45, 2.75) is 39.8 Å². The van der Waals surface area contributed by atoms with Crippen molar-refractivity contribution >= 4 is 23.2 Å². The topological polar surface area (TPSA) is 78.4 Å². The van der Waals surface area contributed by atoms with Crippen LogP contribution in [0, 0.1) is 6.92 Å². The smallest absolute Gasteiger partial charge is 0.221 e. The molecular weight excluding hydrogens is 274 g/mol. The molecule has 1 heterocycles. The number of carbonyl (C=O) groups is 1. The van der Waals surface area contributed by atoms with Crippen LogP contribution in [-0.2, 0) is 11.3 Å². The number of aryl methyl sites for hydroxylation is 1. The van der Waals surface area contributed by atoms with Gasteiger partial charge in [-0.25, -0.2) is 4.98 Å². The van der Waals surface area contributed by atoms with Crippen LogP contribution in [0.4, 0.5) is 0 Å². The van der Waals surface area contributed by atoms with E-state index in [1.807, 2.05) is 27.0 Å². The van der Waals surface area contributed by atoms with Gasteiger partial charge in [0, 0.05) is 37.1 Å². The molecule has 3 N–H and O–H groups in total. The second kappa shape index (κ2) is 8.52. The molecule has 20 heavy (non-hydrogen) atoms. The molecule has 0 radical (unpaired) electrons. The molecule has 0 atom stereocenters. The second-order valence-corrected chi connectivity index (χ2v) is 6.01. The van der Waals surface area contributed by atoms with E-state index in [2.05, 4.69) is 25.9 Å². The summed E-state index contributed by atoms with van der Waals surface area (Å²) >= 11 is 1.66. The number of thiazole rings is 1. The summed E-state index contributed by atoms with van der Waals surface area (Å²) in [5.74, 6) is 0.716. The van der Waals surface area contributed by atoms with Gasteiger partial charge in [0.1, 0.15) is 5.01 Å². The lowest BCUT2D eigenvalue weighted by molar-refractivity contribution is -0.121. The van der Waals surface area contributed by atoms with Crippen molar-refractivity contribution in [3.63, 3.8) is 0 Å². The molecule has 0 spiro atoms. The summed E-state index contributed by atoms with van der Waals surface area (Å²) in [6.07, 6.45) is 2.28. The predicted octanol–water partition coefficient (Wildman–Crippen LogP) is 1.03. The summed E-state index contributed by atoms with van der Waals surface area (Å²) in [5, 5.41) is 10.1. The van der Waals surface area contributed by atoms with Crippen molar-refractivity contribution in [1.29, 1.82) is 0 Å². The van der Waals surface area contributed by atoms with E-state index in [1.54, 1.807) is 18.4 Å². The Kier molecular flexibility index (Phi) is 7.00. The third-order valence-electron chi connectivity index (χ3n) is 2.39. The van der Waals surface area contributed by atoms with Crippen LogP contribution in [-0.4, -0.2) is 36.5 Å². The van der Waals surface area contributed by atoms with Crippen molar-refractivity contribution < 1.29 is 4.79 Å². The number of aliphatic imine (C=N–C) groups is 1. The van der Waals surface area contributed by atoms with E-state index in [-0.39, 0.29) is 11.9 Å². The Bertz CT molecular complexity index is 455. The van der Waals surface area contributed by atoms with Crippen LogP contribution in [0.5, 0.6) is 0 Å². The molecule has 0 fully saturated rings. The number of nitrogens with zero attached hydrogens (tertiary/aromatic N) is 2. The molecule has 1 rings (SSSR count). The number of carbonyl (C=O) groups excluding carboxylic acids is 1. The van der Waals surface area contributed by atoms with Crippen molar-refractivity contribution in [1.82, 2.24) is 20.9 Å². The number of guanidine groups is 1. The number of amides is 1. The van der Waals surface area contributed by atoms with Gasteiger partial charge in [-0.2, -0.15) is 0 Å². The Hall–Kier alpha value is -1.63. The molecule has 0 aliphatic carbocycles. The van der Waals surface area contributed by atoms with Gasteiger partial charge in [0.2, 0.25) is 5.91 Å². The number of nitrogens with one attached hydrogen (secondary N) is 3. The van der Waals surface area contributed by atoms with Gasteiger partial charge in [-0.05, 0) is 20.8 Å². The van der Waals surface area contributed by atoms with Crippen LogP contribution >= 0.6 is 11.3 Å². The quantitative estimate of drug-likeness (QED) is 0.541. The van der Waals surface area contributed by atoms with Crippen molar-refractivity contribution in [3.8, 4) is 0 Å². The van der Waals surface area contributed by atoms with Gasteiger partial charge in [-0.3, -0.25) is 9.79 Å². The highest BCUT2D eigenvalue weighted by atomic mass is 32.1. The van der Waals surface area contributed by atoms with Gasteiger partial charge < -0.3 is 16.0 Å². The third-order valence-corrected chi connectivity index (χ3v) is 3.31. The van der Waals surface area contributed by atoms with Crippen LogP contribution in [0.1, 0.15) is 30.2 Å². The van der Waals surface area contributed by atoms with Crippen LogP contribution in [0.25, 0.3) is 0 Å². The zero-order valence-electron chi connectivity index (χ0n) is 12.5. The number of hydrogen-bond donors (Lipinski definition) is 3. The molecule has 0 bridgehead atoms. The van der Waals surface area contributed by atoms with Crippen molar-refractivity contribution in [2.75, 3.05) is 13.6 Å². The minimum Gasteiger partial charge on any atom is -0.356 e. The number of aromatic nitrogens is 1. The minimum atomic E-state index is 0.0403. The molecule has 1 aromatic heterocycles. The van der Waals surface area contributed by atoms with E-state index >= 15 is 0 Å². The van der Waals surface area contributed by atoms with E-state index in [9.17, 15) is 4.79 Å². The first kappa shape index (κ1) is 16.4. The van der Waals surface area contributed by atoms with Gasteiger partial charge in [0.05, 0.1) is 6.54 Å². The summed E-state index contributed by atoms with van der Waals surface area (Å²) in [5.41, 5.74) is 0. The lowest BCUT2D eigenvalue weighted by atomic mass is 10.3. The summed E-state index contributed by atoms with van der Waals surface area (Å²) in [6, 6.07) is 0.174. The highest BCUT2D eigenvalue weighted by Crippen LogP contribution is 2.10. The molecule has 1 aromatic rings. The highest BCUT2D eigenvalue weighted by molar-refractivity contribution is 7.11. The fourth-order valence-electron chi connectivity index (χ4n) is 1.55. The van der Waals surface area contributed by atoms with Gasteiger partial charge in [0.15, 0.2) is 5.96 Å². The van der Waals surface area contributed by atoms with Gasteiger partial charge in [-0.1, -0.05) is 0 Å². The van der Waals surface area contributed by atoms with E-state index < -0.39 is 0 Å². The van der Waals surface area contributed by atoms with Crippen LogP contribution in [0.2, 0.25) is 0 Å². The first-order valence-corrected chi connectivity index (χ1v) is 7.48. The number of rotatable bonds is 6. The third kappa shape index (κ3) is 6.51. The zero-order chi connectivity index (χ0) is 15.0. The standard InChI is InChI=1S/C13H23N5OS/c1-9(2)18-11(19)5-6-15-13(14-4)17-8-12-16-7-10(3)20-12/h7,9H,5-6,8H2,1-4H3,(H,18,19)(H2,14,15,17). The Morgan fingerprint density at radius 2 is 2.20 bits per heavy atom. The van der Waals surface area contributed by atoms with E-state index in [0.717, 1.165) is 5.01 Å². The molecule has 1 amide bonds. The molecular formula is C13H23N5OS. The Balaban J connectivity index is 2.25. The Labute approximate surface area is 124 Å². The maximum Gasteiger partial charge on any atom is 0.221 e. The van der Waals surface area contributed by atoms with Gasteiger partial charge >= 0.3 is 0 Å². The lowest BCUT2D eigenvalue weighted by Gasteiger charge is -2.12. The molecule has 6 nitrogen and oxygen atoms in total. The van der Waals surface area contributed by atoms with E-state index in [1.165, 1.54) is 4.88 Å². The molecule has 112 valence electrons. The molecule has 0 aliphatic rings. The minimum absolute atomic E-state index is 0.0403. The highest BCUT2D eigenvalue weighted by Gasteiger charge is 2.04. The van der Waals surface area contributed by atoms with Crippen LogP contribution < -0.4 is 16.0 Å². The normalized spacial score (nSPS) is 11.6. The maximum absolute atomic E-state index is 11.5. The molecule has 0 unspecified atom stereocenters. The zero-order valence-corrected chi connectivity index (χ0v) is 13.3. The van der Waals surface area contributed by atoms with Crippen LogP contribution in [0.3, 0.4) is 0 Å². The van der Waals surface area contributed by atoms with Crippen LogP contribution in [0.15, 0.2) is 11.2 Å². The Morgan fingerprint density at radius 1 is 1.45 bits per heavy atom. The molecule has 0 aliphatic heterocycles. The summed E-state index contributed by atoms with van der Waals surface area (Å²) in [6.45, 7) is 7.11. The monoisotopic (exact) mass is 297 g/mol. The molecule has 0 aromatic carbocycles. The lowest BCUT2D eigenvalue weighted by Crippen LogP contribution is -2.39. The average Bonchev–Trinajstić information content (AvgIpc) is 2.78. The predicted molar refractivity (Wildman–Crippen MR) is 82.9 cm³/mol. The Morgan fingerprint density at radius 3 is 2.75 bits per heavy atom. The number of hydrogen-bond acceptors (Lipinski definition) is 4. The molecule has 7 heteroatoms. The van der Waals surface area contributed by atoms with Gasteiger partial charge in [-0.15, -0.1) is 11.3 Å². The average molecular weight is 297 g/mol. The summed E-state index contributed by atoms with van der Waals surface area (Å²) in [7, 11) is 1.70. The molecule has 0 saturated carbocycles. The largest absolute Gasteiger partial charge is 0.356 e. The van der Waals surface area contributed by atoms with Crippen molar-refractivity contribution in [2.24, 2.45) is 4.99 Å². The summed E-state index contributed by atoms with van der Waals surface area (Å²) in [4.78, 5) is 21.1. The van der Waals surface area contributed by atoms with E-state index in [0.29, 0.717) is 25.5 Å². The first-order valence-electron chi connectivity index (χ1n) is 6.66. The SMILES string of the molecule is CN=C(NCCC(=O)NC(C)C)NCc1ncc(C)s1. The van der Waals surface area contributed by atoms with E-state index in [4.69, 9.17) is 0 Å². The van der Waals surface area contributed by atoms with Gasteiger partial charge in [0.25, 0.3) is 0 Å². The summed E-state index contributed by atoms with van der Waals surface area (Å²) < 4.78 is 0. The maximum atomic E-state index is 11.5. The molecule has 0 saturated heterocycles. The second-order valence-electron chi connectivity index (χ2n) is 4.69.